The smallest absolute Gasteiger partial charge is 0.0553 e. The van der Waals surface area contributed by atoms with Crippen LogP contribution in [0.5, 0.6) is 0 Å². The van der Waals surface area contributed by atoms with E-state index in [0.717, 1.165) is 26.2 Å². The number of aliphatic hydroxyl groups is 1. The first-order valence-corrected chi connectivity index (χ1v) is 3.76. The van der Waals surface area contributed by atoms with Crippen molar-refractivity contribution in [2.75, 3.05) is 39.3 Å². The highest BCUT2D eigenvalue weighted by molar-refractivity contribution is 4.58. The Morgan fingerprint density at radius 1 is 1.36 bits per heavy atom. The number of rotatable bonds is 1. The Labute approximate surface area is 66.8 Å². The lowest BCUT2D eigenvalue weighted by Gasteiger charge is -2.19. The van der Waals surface area contributed by atoms with E-state index in [-0.39, 0.29) is 6.61 Å². The maximum Gasteiger partial charge on any atom is 0.0553 e. The molecule has 0 unspecified atom stereocenters. The second-order valence-electron chi connectivity index (χ2n) is 2.22. The molecule has 68 valence electrons. The molecule has 11 heavy (non-hydrogen) atoms. The van der Waals surface area contributed by atoms with Crippen molar-refractivity contribution in [3.05, 3.63) is 0 Å². The highest BCUT2D eigenvalue weighted by Gasteiger charge is 2.03. The van der Waals surface area contributed by atoms with Gasteiger partial charge in [0.25, 0.3) is 0 Å². The van der Waals surface area contributed by atoms with Crippen molar-refractivity contribution < 1.29 is 10.3 Å². The number of hydrogen-bond acceptors (Lipinski definition) is 5. The average Bonchev–Trinajstić information content (AvgIpc) is 2.07. The van der Waals surface area contributed by atoms with Crippen LogP contribution in [0.25, 0.3) is 0 Å². The maximum absolute atomic E-state index is 8.70. The first kappa shape index (κ1) is 10.8. The normalized spacial score (nSPS) is 18.8. The Bertz CT molecular complexity index is 74.2. The molecule has 1 saturated heterocycles. The van der Waals surface area contributed by atoms with Crippen LogP contribution in [0.3, 0.4) is 0 Å². The van der Waals surface area contributed by atoms with Crippen molar-refractivity contribution in [3.8, 4) is 0 Å². The second-order valence-corrected chi connectivity index (χ2v) is 2.22. The number of piperazine rings is 1. The van der Waals surface area contributed by atoms with E-state index in [4.69, 9.17) is 16.0 Å². The summed E-state index contributed by atoms with van der Waals surface area (Å²) in [5.74, 6) is 0. The van der Waals surface area contributed by atoms with Crippen LogP contribution in [0.15, 0.2) is 0 Å². The lowest BCUT2D eigenvalue weighted by atomic mass is 10.4. The number of nitrogens with one attached hydrogen (secondary N) is 1. The van der Waals surface area contributed by atoms with Gasteiger partial charge in [-0.1, -0.05) is 0 Å². The summed E-state index contributed by atoms with van der Waals surface area (Å²) >= 11 is 0. The Hall–Kier alpha value is -0.200. The van der Waals surface area contributed by atoms with E-state index >= 15 is 0 Å². The van der Waals surface area contributed by atoms with Crippen LogP contribution in [-0.4, -0.2) is 54.7 Å². The molecule has 1 rings (SSSR count). The van der Waals surface area contributed by atoms with Crippen LogP contribution in [0, 0.1) is 0 Å². The van der Waals surface area contributed by atoms with Gasteiger partial charge in [0.1, 0.15) is 0 Å². The third-order valence-corrected chi connectivity index (χ3v) is 1.22. The summed E-state index contributed by atoms with van der Waals surface area (Å²) in [5, 5.41) is 20.9. The van der Waals surface area contributed by atoms with Crippen LogP contribution >= 0.6 is 0 Å². The zero-order chi connectivity index (χ0) is 8.53. The van der Waals surface area contributed by atoms with Crippen LogP contribution in [0.4, 0.5) is 0 Å². The third-order valence-electron chi connectivity index (χ3n) is 1.22. The zero-order valence-electron chi connectivity index (χ0n) is 6.66. The molecule has 1 fully saturated rings. The Morgan fingerprint density at radius 3 is 2.00 bits per heavy atom. The van der Waals surface area contributed by atoms with E-state index in [1.807, 2.05) is 0 Å². The molecular formula is C6H17N3O2. The van der Waals surface area contributed by atoms with Gasteiger partial charge in [0.05, 0.1) is 6.61 Å². The highest BCUT2D eigenvalue weighted by Crippen LogP contribution is 1.82. The fourth-order valence-corrected chi connectivity index (χ4v) is 0.653. The minimum atomic E-state index is 0.0972. The summed E-state index contributed by atoms with van der Waals surface area (Å²) in [6.45, 7) is 3.83. The SMILES string of the molecule is NCCO.ON1CCNCC1. The largest absolute Gasteiger partial charge is 0.395 e. The summed E-state index contributed by atoms with van der Waals surface area (Å²) in [6.07, 6.45) is 0. The molecule has 0 aromatic heterocycles. The molecule has 0 radical (unpaired) electrons. The quantitative estimate of drug-likeness (QED) is 0.367. The van der Waals surface area contributed by atoms with Gasteiger partial charge in [-0.3, -0.25) is 0 Å². The van der Waals surface area contributed by atoms with Crippen LogP contribution in [0.2, 0.25) is 0 Å². The fraction of sp³-hybridized carbons (Fsp3) is 1.00. The van der Waals surface area contributed by atoms with Crippen molar-refractivity contribution in [1.82, 2.24) is 10.4 Å². The molecule has 1 aliphatic rings. The van der Waals surface area contributed by atoms with Gasteiger partial charge >= 0.3 is 0 Å². The predicted octanol–water partition coefficient (Wildman–Crippen LogP) is -1.78. The Balaban J connectivity index is 0.000000218. The highest BCUT2D eigenvalue weighted by atomic mass is 16.5. The zero-order valence-corrected chi connectivity index (χ0v) is 6.66. The van der Waals surface area contributed by atoms with E-state index in [1.54, 1.807) is 0 Å². The summed E-state index contributed by atoms with van der Waals surface area (Å²) in [6, 6.07) is 0. The van der Waals surface area contributed by atoms with Crippen molar-refractivity contribution in [1.29, 1.82) is 0 Å². The van der Waals surface area contributed by atoms with Crippen molar-refractivity contribution in [3.63, 3.8) is 0 Å². The maximum atomic E-state index is 8.70. The molecule has 1 aliphatic heterocycles. The first-order chi connectivity index (χ1) is 5.31. The van der Waals surface area contributed by atoms with E-state index in [1.165, 1.54) is 5.06 Å². The molecule has 5 N–H and O–H groups in total. The number of hydrogen-bond donors (Lipinski definition) is 4. The Morgan fingerprint density at radius 2 is 1.82 bits per heavy atom. The van der Waals surface area contributed by atoms with E-state index in [0.29, 0.717) is 6.54 Å². The van der Waals surface area contributed by atoms with Crippen LogP contribution in [-0.2, 0) is 0 Å². The van der Waals surface area contributed by atoms with E-state index in [9.17, 15) is 0 Å². The third kappa shape index (κ3) is 7.70. The van der Waals surface area contributed by atoms with Gasteiger partial charge in [0.15, 0.2) is 0 Å². The summed E-state index contributed by atoms with van der Waals surface area (Å²) in [4.78, 5) is 0. The standard InChI is InChI=1S/C4H10N2O.C2H7NO/c7-6-3-1-5-2-4-6;3-1-2-4/h5,7H,1-4H2;4H,1-3H2. The molecule has 0 amide bonds. The molecule has 0 bridgehead atoms. The van der Waals surface area contributed by atoms with Gasteiger partial charge in [-0.05, 0) is 0 Å². The first-order valence-electron chi connectivity index (χ1n) is 3.76. The number of nitrogens with two attached hydrogens (primary N) is 1. The van der Waals surface area contributed by atoms with Crippen LogP contribution in [0.1, 0.15) is 0 Å². The lowest BCUT2D eigenvalue weighted by molar-refractivity contribution is -0.0976. The Kier molecular flexibility index (Phi) is 7.76. The molecule has 0 atom stereocenters. The van der Waals surface area contributed by atoms with E-state index in [2.05, 4.69) is 5.32 Å². The summed E-state index contributed by atoms with van der Waals surface area (Å²) in [7, 11) is 0. The monoisotopic (exact) mass is 163 g/mol. The molecule has 0 aromatic carbocycles. The predicted molar refractivity (Wildman–Crippen MR) is 42.4 cm³/mol. The molecule has 1 heterocycles. The molecular weight excluding hydrogens is 146 g/mol. The lowest BCUT2D eigenvalue weighted by Crippen LogP contribution is -2.41. The molecule has 5 heteroatoms. The molecule has 0 aliphatic carbocycles. The van der Waals surface area contributed by atoms with Gasteiger partial charge in [-0.25, -0.2) is 0 Å². The van der Waals surface area contributed by atoms with Gasteiger partial charge in [-0.2, -0.15) is 5.06 Å². The minimum Gasteiger partial charge on any atom is -0.395 e. The van der Waals surface area contributed by atoms with Gasteiger partial charge < -0.3 is 21.4 Å². The average molecular weight is 163 g/mol. The number of hydroxylamine groups is 2. The fourth-order valence-electron chi connectivity index (χ4n) is 0.653. The minimum absolute atomic E-state index is 0.0972. The summed E-state index contributed by atoms with van der Waals surface area (Å²) < 4.78 is 0. The van der Waals surface area contributed by atoms with Gasteiger partial charge in [-0.15, -0.1) is 0 Å². The van der Waals surface area contributed by atoms with Crippen LogP contribution < -0.4 is 11.1 Å². The number of nitrogens with zero attached hydrogens (tertiary/aromatic N) is 1. The summed E-state index contributed by atoms with van der Waals surface area (Å²) in [5.41, 5.74) is 4.78. The molecule has 0 saturated carbocycles. The van der Waals surface area contributed by atoms with Crippen molar-refractivity contribution in [2.24, 2.45) is 5.73 Å². The van der Waals surface area contributed by atoms with Gasteiger partial charge in [0, 0.05) is 32.7 Å². The second kappa shape index (κ2) is 7.90. The van der Waals surface area contributed by atoms with Gasteiger partial charge in [0.2, 0.25) is 0 Å². The number of aliphatic hydroxyl groups excluding tert-OH is 1. The molecule has 0 aromatic rings. The van der Waals surface area contributed by atoms with E-state index < -0.39 is 0 Å². The molecule has 0 spiro atoms. The molecule has 5 nitrogen and oxygen atoms in total. The van der Waals surface area contributed by atoms with Crippen molar-refractivity contribution >= 4 is 0 Å². The van der Waals surface area contributed by atoms with Crippen molar-refractivity contribution in [2.45, 2.75) is 0 Å². The topological polar surface area (TPSA) is 81.8 Å².